The van der Waals surface area contributed by atoms with Crippen molar-refractivity contribution in [1.82, 2.24) is 0 Å². The van der Waals surface area contributed by atoms with E-state index in [1.54, 1.807) is 0 Å². The molecule has 2 aromatic rings. The highest BCUT2D eigenvalue weighted by Crippen LogP contribution is 2.21. The molecule has 0 unspecified atom stereocenters. The number of rotatable bonds is 4. The van der Waals surface area contributed by atoms with Gasteiger partial charge in [0.2, 0.25) is 0 Å². The Bertz CT molecular complexity index is 611. The van der Waals surface area contributed by atoms with Gasteiger partial charge in [0.1, 0.15) is 12.4 Å². The second-order valence-electron chi connectivity index (χ2n) is 4.66. The van der Waals surface area contributed by atoms with Crippen molar-refractivity contribution in [2.24, 2.45) is 0 Å². The van der Waals surface area contributed by atoms with E-state index < -0.39 is 0 Å². The Labute approximate surface area is 114 Å². The fraction of sp³-hybridized carbons (Fsp3) is 0.235. The number of nitrogens with zero attached hydrogens (tertiary/aromatic N) is 1. The molecule has 0 heterocycles. The SMILES string of the molecule is Cc1ccc(OCc2ccccc2CC#N)c(C)c1. The molecule has 96 valence electrons. The number of ether oxygens (including phenoxy) is 1. The molecule has 2 rings (SSSR count). The third-order valence-electron chi connectivity index (χ3n) is 3.10. The van der Waals surface area contributed by atoms with Crippen molar-refractivity contribution in [1.29, 1.82) is 5.26 Å². The van der Waals surface area contributed by atoms with Crippen LogP contribution in [0.5, 0.6) is 5.75 Å². The zero-order chi connectivity index (χ0) is 13.7. The molecular formula is C17H17NO. The third kappa shape index (κ3) is 3.35. The van der Waals surface area contributed by atoms with E-state index in [1.807, 2.05) is 43.3 Å². The summed E-state index contributed by atoms with van der Waals surface area (Å²) in [6, 6.07) is 16.2. The van der Waals surface area contributed by atoms with Crippen molar-refractivity contribution in [2.45, 2.75) is 26.9 Å². The Morgan fingerprint density at radius 1 is 1.05 bits per heavy atom. The normalized spacial score (nSPS) is 9.95. The summed E-state index contributed by atoms with van der Waals surface area (Å²) in [7, 11) is 0. The van der Waals surface area contributed by atoms with Crippen LogP contribution >= 0.6 is 0 Å². The van der Waals surface area contributed by atoms with Gasteiger partial charge in [0.25, 0.3) is 0 Å². The number of nitriles is 1. The maximum absolute atomic E-state index is 8.81. The molecule has 2 aromatic carbocycles. The summed E-state index contributed by atoms with van der Waals surface area (Å²) >= 11 is 0. The van der Waals surface area contributed by atoms with Crippen molar-refractivity contribution in [2.75, 3.05) is 0 Å². The molecule has 0 aromatic heterocycles. The summed E-state index contributed by atoms with van der Waals surface area (Å²) in [5.41, 5.74) is 4.48. The standard InChI is InChI=1S/C17H17NO/c1-13-7-8-17(14(2)11-13)19-12-16-6-4-3-5-15(16)9-10-18/h3-8,11H,9,12H2,1-2H3. The van der Waals surface area contributed by atoms with Gasteiger partial charge in [-0.25, -0.2) is 0 Å². The van der Waals surface area contributed by atoms with Crippen LogP contribution in [0.4, 0.5) is 0 Å². The maximum atomic E-state index is 8.81. The van der Waals surface area contributed by atoms with Gasteiger partial charge in [-0.3, -0.25) is 0 Å². The van der Waals surface area contributed by atoms with Crippen molar-refractivity contribution in [3.63, 3.8) is 0 Å². The van der Waals surface area contributed by atoms with Crippen LogP contribution in [0.15, 0.2) is 42.5 Å². The minimum atomic E-state index is 0.423. The predicted molar refractivity (Wildman–Crippen MR) is 76.0 cm³/mol. The number of aryl methyl sites for hydroxylation is 2. The average molecular weight is 251 g/mol. The first-order valence-electron chi connectivity index (χ1n) is 6.34. The van der Waals surface area contributed by atoms with Gasteiger partial charge in [0, 0.05) is 0 Å². The molecule has 0 radical (unpaired) electrons. The van der Waals surface area contributed by atoms with Crippen LogP contribution in [0.25, 0.3) is 0 Å². The number of benzene rings is 2. The quantitative estimate of drug-likeness (QED) is 0.824. The Kier molecular flexibility index (Phi) is 4.20. The van der Waals surface area contributed by atoms with Crippen molar-refractivity contribution in [3.05, 3.63) is 64.7 Å². The average Bonchev–Trinajstić information content (AvgIpc) is 2.40. The zero-order valence-electron chi connectivity index (χ0n) is 11.3. The Balaban J connectivity index is 2.12. The highest BCUT2D eigenvalue weighted by Gasteiger charge is 2.04. The largest absolute Gasteiger partial charge is 0.489 e. The van der Waals surface area contributed by atoms with Crippen LogP contribution < -0.4 is 4.74 Å². The summed E-state index contributed by atoms with van der Waals surface area (Å²) in [5.74, 6) is 0.900. The Hall–Kier alpha value is -2.27. The molecule has 0 aliphatic carbocycles. The van der Waals surface area contributed by atoms with Gasteiger partial charge in [0.15, 0.2) is 0 Å². The third-order valence-corrected chi connectivity index (χ3v) is 3.10. The molecule has 0 spiro atoms. The highest BCUT2D eigenvalue weighted by molar-refractivity contribution is 5.36. The van der Waals surface area contributed by atoms with E-state index in [2.05, 4.69) is 19.1 Å². The molecule has 19 heavy (non-hydrogen) atoms. The van der Waals surface area contributed by atoms with E-state index in [1.165, 1.54) is 5.56 Å². The summed E-state index contributed by atoms with van der Waals surface area (Å²) < 4.78 is 5.86. The number of hydrogen-bond donors (Lipinski definition) is 0. The van der Waals surface area contributed by atoms with Crippen molar-refractivity contribution >= 4 is 0 Å². The maximum Gasteiger partial charge on any atom is 0.122 e. The zero-order valence-corrected chi connectivity index (χ0v) is 11.3. The summed E-state index contributed by atoms with van der Waals surface area (Å²) in [6.07, 6.45) is 0.423. The van der Waals surface area contributed by atoms with E-state index in [0.717, 1.165) is 22.4 Å². The lowest BCUT2D eigenvalue weighted by atomic mass is 10.1. The van der Waals surface area contributed by atoms with Gasteiger partial charge >= 0.3 is 0 Å². The topological polar surface area (TPSA) is 33.0 Å². The molecule has 0 amide bonds. The van der Waals surface area contributed by atoms with Gasteiger partial charge in [0.05, 0.1) is 12.5 Å². The highest BCUT2D eigenvalue weighted by atomic mass is 16.5. The van der Waals surface area contributed by atoms with Crippen LogP contribution in [-0.2, 0) is 13.0 Å². The lowest BCUT2D eigenvalue weighted by molar-refractivity contribution is 0.303. The van der Waals surface area contributed by atoms with Crippen LogP contribution in [-0.4, -0.2) is 0 Å². The predicted octanol–water partition coefficient (Wildman–Crippen LogP) is 3.95. The van der Waals surface area contributed by atoms with Gasteiger partial charge in [-0.05, 0) is 36.6 Å². The molecule has 2 nitrogen and oxygen atoms in total. The second-order valence-corrected chi connectivity index (χ2v) is 4.66. The molecule has 0 bridgehead atoms. The number of hydrogen-bond acceptors (Lipinski definition) is 2. The van der Waals surface area contributed by atoms with E-state index >= 15 is 0 Å². The van der Waals surface area contributed by atoms with Gasteiger partial charge in [-0.2, -0.15) is 5.26 Å². The van der Waals surface area contributed by atoms with Crippen LogP contribution in [0.1, 0.15) is 22.3 Å². The molecule has 0 aliphatic rings. The Morgan fingerprint density at radius 3 is 2.47 bits per heavy atom. The van der Waals surface area contributed by atoms with E-state index in [-0.39, 0.29) is 0 Å². The van der Waals surface area contributed by atoms with Gasteiger partial charge in [-0.1, -0.05) is 42.0 Å². The van der Waals surface area contributed by atoms with Crippen molar-refractivity contribution in [3.8, 4) is 11.8 Å². The first-order valence-corrected chi connectivity index (χ1v) is 6.34. The van der Waals surface area contributed by atoms with Gasteiger partial charge < -0.3 is 4.74 Å². The van der Waals surface area contributed by atoms with Crippen LogP contribution in [0.3, 0.4) is 0 Å². The van der Waals surface area contributed by atoms with E-state index in [0.29, 0.717) is 13.0 Å². The van der Waals surface area contributed by atoms with Crippen molar-refractivity contribution < 1.29 is 4.74 Å². The van der Waals surface area contributed by atoms with E-state index in [9.17, 15) is 0 Å². The first-order chi connectivity index (χ1) is 9.20. The monoisotopic (exact) mass is 251 g/mol. The lowest BCUT2D eigenvalue weighted by Crippen LogP contribution is -2.00. The lowest BCUT2D eigenvalue weighted by Gasteiger charge is -2.11. The fourth-order valence-corrected chi connectivity index (χ4v) is 2.07. The van der Waals surface area contributed by atoms with Crippen LogP contribution in [0, 0.1) is 25.2 Å². The molecule has 2 heteroatoms. The molecule has 0 atom stereocenters. The summed E-state index contributed by atoms with van der Waals surface area (Å²) in [6.45, 7) is 4.62. The first kappa shape index (κ1) is 13.2. The molecule has 0 fully saturated rings. The molecule has 0 aliphatic heterocycles. The summed E-state index contributed by atoms with van der Waals surface area (Å²) in [4.78, 5) is 0. The molecule has 0 saturated carbocycles. The van der Waals surface area contributed by atoms with Crippen LogP contribution in [0.2, 0.25) is 0 Å². The molecular weight excluding hydrogens is 234 g/mol. The minimum Gasteiger partial charge on any atom is -0.489 e. The Morgan fingerprint density at radius 2 is 1.79 bits per heavy atom. The fourth-order valence-electron chi connectivity index (χ4n) is 2.07. The molecule has 0 N–H and O–H groups in total. The molecule has 0 saturated heterocycles. The second kappa shape index (κ2) is 6.06. The smallest absolute Gasteiger partial charge is 0.122 e. The van der Waals surface area contributed by atoms with Gasteiger partial charge in [-0.15, -0.1) is 0 Å². The van der Waals surface area contributed by atoms with E-state index in [4.69, 9.17) is 10.00 Å². The summed E-state index contributed by atoms with van der Waals surface area (Å²) in [5, 5.41) is 8.81. The minimum absolute atomic E-state index is 0.423.